The lowest BCUT2D eigenvalue weighted by atomic mass is 10.1. The van der Waals surface area contributed by atoms with E-state index in [0.717, 1.165) is 12.1 Å². The zero-order chi connectivity index (χ0) is 17.0. The van der Waals surface area contributed by atoms with Crippen molar-refractivity contribution in [1.82, 2.24) is 15.2 Å². The van der Waals surface area contributed by atoms with Gasteiger partial charge in [-0.1, -0.05) is 0 Å². The molecule has 0 unspecified atom stereocenters. The molecule has 2 rings (SSSR count). The zero-order valence-electron chi connectivity index (χ0n) is 12.5. The molecule has 9 heteroatoms. The van der Waals surface area contributed by atoms with Crippen LogP contribution in [0.15, 0.2) is 18.2 Å². The molecule has 0 saturated carbocycles. The van der Waals surface area contributed by atoms with Crippen LogP contribution in [0.5, 0.6) is 5.75 Å². The van der Waals surface area contributed by atoms with Gasteiger partial charge in [0.05, 0.1) is 11.3 Å². The van der Waals surface area contributed by atoms with Gasteiger partial charge in [-0.2, -0.15) is 13.2 Å². The van der Waals surface area contributed by atoms with Gasteiger partial charge in [-0.25, -0.2) is 4.98 Å². The smallest absolute Gasteiger partial charge is 0.416 e. The lowest BCUT2D eigenvalue weighted by Crippen LogP contribution is -2.09. The lowest BCUT2D eigenvalue weighted by molar-refractivity contribution is -0.137. The normalized spacial score (nSPS) is 11.5. The summed E-state index contributed by atoms with van der Waals surface area (Å²) >= 11 is 0. The molecule has 0 spiro atoms. The van der Waals surface area contributed by atoms with Crippen LogP contribution in [0, 0.1) is 6.92 Å². The van der Waals surface area contributed by atoms with Gasteiger partial charge in [0.1, 0.15) is 11.4 Å². The highest BCUT2D eigenvalue weighted by atomic mass is 19.4. The molecule has 0 atom stereocenters. The van der Waals surface area contributed by atoms with Crippen LogP contribution in [-0.4, -0.2) is 28.6 Å². The van der Waals surface area contributed by atoms with Crippen molar-refractivity contribution in [3.05, 3.63) is 29.5 Å². The molecular formula is C14H15F3N4O2. The maximum Gasteiger partial charge on any atom is 0.416 e. The Balaban J connectivity index is 2.48. The second kappa shape index (κ2) is 6.78. The number of aromatic nitrogens is 3. The van der Waals surface area contributed by atoms with E-state index in [1.807, 2.05) is 0 Å². The summed E-state index contributed by atoms with van der Waals surface area (Å²) in [5.41, 5.74) is 5.66. The Morgan fingerprint density at radius 1 is 1.22 bits per heavy atom. The first-order valence-corrected chi connectivity index (χ1v) is 6.72. The van der Waals surface area contributed by atoms with Gasteiger partial charge in [-0.15, -0.1) is 10.2 Å². The molecule has 0 fully saturated rings. The average Bonchev–Trinajstić information content (AvgIpc) is 2.47. The van der Waals surface area contributed by atoms with Crippen LogP contribution in [-0.2, 0) is 10.9 Å². The summed E-state index contributed by atoms with van der Waals surface area (Å²) in [6.45, 7) is 3.57. The van der Waals surface area contributed by atoms with Crippen LogP contribution in [0.3, 0.4) is 0 Å². The fraction of sp³-hybridized carbons (Fsp3) is 0.357. The number of alkyl halides is 3. The van der Waals surface area contributed by atoms with Crippen LogP contribution >= 0.6 is 0 Å². The SMILES string of the molecule is CCOCOc1cc(C(F)(F)F)ccc1-c1nnc(N)nc1C. The van der Waals surface area contributed by atoms with Crippen molar-refractivity contribution in [3.8, 4) is 17.0 Å². The Bertz CT molecular complexity index is 692. The molecule has 1 heterocycles. The van der Waals surface area contributed by atoms with E-state index < -0.39 is 11.7 Å². The van der Waals surface area contributed by atoms with Gasteiger partial charge in [-0.05, 0) is 32.0 Å². The number of nitrogens with two attached hydrogens (primary N) is 1. The largest absolute Gasteiger partial charge is 0.467 e. The fourth-order valence-corrected chi connectivity index (χ4v) is 1.87. The van der Waals surface area contributed by atoms with Crippen LogP contribution in [0.1, 0.15) is 18.2 Å². The van der Waals surface area contributed by atoms with Crippen molar-refractivity contribution in [1.29, 1.82) is 0 Å². The van der Waals surface area contributed by atoms with E-state index in [-0.39, 0.29) is 18.5 Å². The number of nitrogens with zero attached hydrogens (tertiary/aromatic N) is 3. The van der Waals surface area contributed by atoms with Crippen molar-refractivity contribution in [3.63, 3.8) is 0 Å². The lowest BCUT2D eigenvalue weighted by Gasteiger charge is -2.15. The summed E-state index contributed by atoms with van der Waals surface area (Å²) in [6, 6.07) is 3.10. The summed E-state index contributed by atoms with van der Waals surface area (Å²) in [5, 5.41) is 7.52. The number of hydrogen-bond acceptors (Lipinski definition) is 6. The summed E-state index contributed by atoms with van der Waals surface area (Å²) in [6.07, 6.45) is -4.48. The molecule has 0 aliphatic carbocycles. The van der Waals surface area contributed by atoms with Crippen LogP contribution in [0.4, 0.5) is 19.1 Å². The molecule has 1 aromatic carbocycles. The predicted molar refractivity (Wildman–Crippen MR) is 76.5 cm³/mol. The number of hydrogen-bond donors (Lipinski definition) is 1. The Morgan fingerprint density at radius 3 is 2.57 bits per heavy atom. The molecule has 0 bridgehead atoms. The molecular weight excluding hydrogens is 313 g/mol. The summed E-state index contributed by atoms with van der Waals surface area (Å²) in [5.74, 6) is -0.0350. The minimum Gasteiger partial charge on any atom is -0.467 e. The Morgan fingerprint density at radius 2 is 1.96 bits per heavy atom. The quantitative estimate of drug-likeness (QED) is 0.671. The number of halogens is 3. The maximum absolute atomic E-state index is 12.9. The minimum atomic E-state index is -4.48. The van der Waals surface area contributed by atoms with E-state index >= 15 is 0 Å². The number of benzene rings is 1. The number of aryl methyl sites for hydroxylation is 1. The zero-order valence-corrected chi connectivity index (χ0v) is 12.5. The highest BCUT2D eigenvalue weighted by Gasteiger charge is 2.31. The average molecular weight is 328 g/mol. The fourth-order valence-electron chi connectivity index (χ4n) is 1.87. The molecule has 1 aromatic heterocycles. The molecule has 23 heavy (non-hydrogen) atoms. The third-order valence-electron chi connectivity index (χ3n) is 2.94. The summed E-state index contributed by atoms with van der Waals surface area (Å²) in [4.78, 5) is 3.95. The highest BCUT2D eigenvalue weighted by Crippen LogP contribution is 2.37. The third kappa shape index (κ3) is 4.07. The second-order valence-corrected chi connectivity index (χ2v) is 4.57. The third-order valence-corrected chi connectivity index (χ3v) is 2.94. The van der Waals surface area contributed by atoms with Gasteiger partial charge in [-0.3, -0.25) is 0 Å². The van der Waals surface area contributed by atoms with Crippen molar-refractivity contribution in [2.45, 2.75) is 20.0 Å². The first kappa shape index (κ1) is 16.9. The van der Waals surface area contributed by atoms with E-state index in [4.69, 9.17) is 15.2 Å². The Hall–Kier alpha value is -2.42. The molecule has 0 aliphatic rings. The molecule has 0 radical (unpaired) electrons. The van der Waals surface area contributed by atoms with Crippen LogP contribution < -0.4 is 10.5 Å². The first-order chi connectivity index (χ1) is 10.8. The number of ether oxygens (including phenoxy) is 2. The molecule has 2 N–H and O–H groups in total. The van der Waals surface area contributed by atoms with Gasteiger partial charge >= 0.3 is 6.18 Å². The van der Waals surface area contributed by atoms with E-state index in [0.29, 0.717) is 23.6 Å². The number of rotatable bonds is 5. The second-order valence-electron chi connectivity index (χ2n) is 4.57. The molecule has 6 nitrogen and oxygen atoms in total. The first-order valence-electron chi connectivity index (χ1n) is 6.72. The molecule has 0 saturated heterocycles. The monoisotopic (exact) mass is 328 g/mol. The standard InChI is InChI=1S/C14H15F3N4O2/c1-3-22-7-23-11-6-9(14(15,16)17)4-5-10(11)12-8(2)19-13(18)21-20-12/h4-6H,3,7H2,1-2H3,(H2,18,19,21). The predicted octanol–water partition coefficient (Wildman–Crippen LogP) is 2.82. The highest BCUT2D eigenvalue weighted by molar-refractivity contribution is 5.69. The minimum absolute atomic E-state index is 0.0164. The summed E-state index contributed by atoms with van der Waals surface area (Å²) < 4.78 is 49.0. The topological polar surface area (TPSA) is 83.2 Å². The summed E-state index contributed by atoms with van der Waals surface area (Å²) in [7, 11) is 0. The van der Waals surface area contributed by atoms with E-state index in [2.05, 4.69) is 15.2 Å². The van der Waals surface area contributed by atoms with Gasteiger partial charge in [0.15, 0.2) is 6.79 Å². The molecule has 0 amide bonds. The Labute approximate surface area is 130 Å². The van der Waals surface area contributed by atoms with Crippen LogP contribution in [0.2, 0.25) is 0 Å². The van der Waals surface area contributed by atoms with Gasteiger partial charge < -0.3 is 15.2 Å². The Kier molecular flexibility index (Phi) is 4.99. The van der Waals surface area contributed by atoms with E-state index in [1.54, 1.807) is 13.8 Å². The van der Waals surface area contributed by atoms with Gasteiger partial charge in [0.25, 0.3) is 0 Å². The van der Waals surface area contributed by atoms with E-state index in [1.165, 1.54) is 6.07 Å². The van der Waals surface area contributed by atoms with Crippen molar-refractivity contribution < 1.29 is 22.6 Å². The number of nitrogen functional groups attached to an aromatic ring is 1. The molecule has 2 aromatic rings. The van der Waals surface area contributed by atoms with Crippen molar-refractivity contribution in [2.24, 2.45) is 0 Å². The molecule has 0 aliphatic heterocycles. The number of anilines is 1. The van der Waals surface area contributed by atoms with Crippen molar-refractivity contribution in [2.75, 3.05) is 19.1 Å². The van der Waals surface area contributed by atoms with Gasteiger partial charge in [0, 0.05) is 12.2 Å². The maximum atomic E-state index is 12.9. The van der Waals surface area contributed by atoms with Crippen molar-refractivity contribution >= 4 is 5.95 Å². The van der Waals surface area contributed by atoms with Crippen LogP contribution in [0.25, 0.3) is 11.3 Å². The van der Waals surface area contributed by atoms with Gasteiger partial charge in [0.2, 0.25) is 5.95 Å². The molecule has 124 valence electrons. The van der Waals surface area contributed by atoms with E-state index in [9.17, 15) is 13.2 Å².